The second kappa shape index (κ2) is 24.3. The van der Waals surface area contributed by atoms with Gasteiger partial charge in [-0.3, -0.25) is 0 Å². The SMILES string of the molecule is CCCCCCCCCCOc1c(OCCC)csc1CCCCCCCCCCCCCCc1cccc2ccccc12. The Morgan fingerprint density at radius 3 is 1.73 bits per heavy atom. The van der Waals surface area contributed by atoms with E-state index in [1.807, 2.05) is 11.3 Å². The molecule has 3 aromatic rings. The minimum atomic E-state index is 0.774. The van der Waals surface area contributed by atoms with Crippen LogP contribution in [0.15, 0.2) is 47.8 Å². The second-order valence-electron chi connectivity index (χ2n) is 12.9. The van der Waals surface area contributed by atoms with Crippen LogP contribution >= 0.6 is 11.3 Å². The standard InChI is InChI=1S/C41H64O2S/c1-3-5-6-7-8-17-20-25-34-43-41-39(42-33-4-2)35-44-40(41)32-22-19-16-14-12-10-9-11-13-15-18-21-27-36-29-26-30-37-28-23-24-31-38(36)37/h23-24,26,28-31,35H,3-22,25,27,32-34H2,1-2H3. The molecule has 1 heterocycles. The second-order valence-corrected chi connectivity index (χ2v) is 13.9. The molecule has 0 saturated carbocycles. The highest BCUT2D eigenvalue weighted by molar-refractivity contribution is 7.10. The van der Waals surface area contributed by atoms with Gasteiger partial charge in [-0.1, -0.05) is 165 Å². The van der Waals surface area contributed by atoms with E-state index in [1.54, 1.807) is 0 Å². The molecule has 0 bridgehead atoms. The smallest absolute Gasteiger partial charge is 0.175 e. The van der Waals surface area contributed by atoms with Crippen molar-refractivity contribution in [1.82, 2.24) is 0 Å². The molecule has 0 aliphatic rings. The Bertz CT molecular complexity index is 1100. The summed E-state index contributed by atoms with van der Waals surface area (Å²) in [4.78, 5) is 1.40. The first-order valence-electron chi connectivity index (χ1n) is 18.7. The molecule has 246 valence electrons. The molecule has 0 aliphatic carbocycles. The van der Waals surface area contributed by atoms with Gasteiger partial charge >= 0.3 is 0 Å². The highest BCUT2D eigenvalue weighted by Crippen LogP contribution is 2.39. The average molecular weight is 621 g/mol. The minimum absolute atomic E-state index is 0.774. The van der Waals surface area contributed by atoms with Crippen molar-refractivity contribution in [2.24, 2.45) is 0 Å². The molecule has 0 aliphatic heterocycles. The van der Waals surface area contributed by atoms with Crippen LogP contribution in [0.1, 0.15) is 159 Å². The lowest BCUT2D eigenvalue weighted by molar-refractivity contribution is 0.263. The number of unbranched alkanes of at least 4 members (excludes halogenated alkanes) is 18. The average Bonchev–Trinajstić information content (AvgIpc) is 3.44. The third kappa shape index (κ3) is 14.9. The summed E-state index contributed by atoms with van der Waals surface area (Å²) in [5.74, 6) is 2.04. The van der Waals surface area contributed by atoms with Crippen LogP contribution in [0.2, 0.25) is 0 Å². The monoisotopic (exact) mass is 620 g/mol. The van der Waals surface area contributed by atoms with Crippen molar-refractivity contribution in [1.29, 1.82) is 0 Å². The predicted octanol–water partition coefficient (Wildman–Crippen LogP) is 13.7. The lowest BCUT2D eigenvalue weighted by atomic mass is 9.99. The zero-order chi connectivity index (χ0) is 30.9. The summed E-state index contributed by atoms with van der Waals surface area (Å²) in [6, 6.07) is 15.6. The van der Waals surface area contributed by atoms with Gasteiger partial charge in [-0.05, 0) is 54.9 Å². The number of hydrogen-bond acceptors (Lipinski definition) is 3. The third-order valence-corrected chi connectivity index (χ3v) is 9.98. The van der Waals surface area contributed by atoms with Crippen LogP contribution in [0, 0.1) is 0 Å². The van der Waals surface area contributed by atoms with E-state index in [1.165, 1.54) is 150 Å². The van der Waals surface area contributed by atoms with Gasteiger partial charge in [-0.2, -0.15) is 0 Å². The molecule has 2 aromatic carbocycles. The van der Waals surface area contributed by atoms with E-state index in [0.717, 1.165) is 44.0 Å². The first-order valence-corrected chi connectivity index (χ1v) is 19.5. The van der Waals surface area contributed by atoms with Crippen molar-refractivity contribution < 1.29 is 9.47 Å². The van der Waals surface area contributed by atoms with Gasteiger partial charge in [0.1, 0.15) is 0 Å². The van der Waals surface area contributed by atoms with Crippen LogP contribution < -0.4 is 9.47 Å². The summed E-state index contributed by atoms with van der Waals surface area (Å²) >= 11 is 1.84. The highest BCUT2D eigenvalue weighted by Gasteiger charge is 2.14. The number of hydrogen-bond donors (Lipinski definition) is 0. The molecular formula is C41H64O2S. The van der Waals surface area contributed by atoms with Gasteiger partial charge in [0.15, 0.2) is 11.5 Å². The Morgan fingerprint density at radius 2 is 1.07 bits per heavy atom. The Labute approximate surface area is 275 Å². The molecule has 2 nitrogen and oxygen atoms in total. The van der Waals surface area contributed by atoms with Gasteiger partial charge < -0.3 is 9.47 Å². The van der Waals surface area contributed by atoms with Crippen LogP contribution in [0.4, 0.5) is 0 Å². The fraction of sp³-hybridized carbons (Fsp3) is 0.659. The van der Waals surface area contributed by atoms with Gasteiger partial charge in [-0.15, -0.1) is 11.3 Å². The molecule has 0 fully saturated rings. The molecule has 0 radical (unpaired) electrons. The summed E-state index contributed by atoms with van der Waals surface area (Å²) < 4.78 is 12.4. The molecule has 0 amide bonds. The minimum Gasteiger partial charge on any atom is -0.489 e. The quantitative estimate of drug-likeness (QED) is 0.0752. The molecular weight excluding hydrogens is 557 g/mol. The van der Waals surface area contributed by atoms with Crippen molar-refractivity contribution >= 4 is 22.1 Å². The maximum Gasteiger partial charge on any atom is 0.175 e. The molecule has 0 atom stereocenters. The van der Waals surface area contributed by atoms with E-state index in [0.29, 0.717) is 0 Å². The molecule has 3 heteroatoms. The maximum atomic E-state index is 6.34. The molecule has 3 rings (SSSR count). The lowest BCUT2D eigenvalue weighted by Crippen LogP contribution is -2.02. The topological polar surface area (TPSA) is 18.5 Å². The summed E-state index contributed by atoms with van der Waals surface area (Å²) in [5.41, 5.74) is 1.52. The van der Waals surface area contributed by atoms with Crippen LogP contribution in [0.5, 0.6) is 11.5 Å². The Hall–Kier alpha value is -2.00. The predicted molar refractivity (Wildman–Crippen MR) is 195 cm³/mol. The first kappa shape index (κ1) is 36.5. The number of rotatable bonds is 28. The Morgan fingerprint density at radius 1 is 0.500 bits per heavy atom. The fourth-order valence-corrected chi connectivity index (χ4v) is 7.25. The number of fused-ring (bicyclic) bond motifs is 1. The zero-order valence-corrected chi connectivity index (χ0v) is 29.3. The van der Waals surface area contributed by atoms with E-state index >= 15 is 0 Å². The van der Waals surface area contributed by atoms with E-state index < -0.39 is 0 Å². The number of aryl methyl sites for hydroxylation is 2. The van der Waals surface area contributed by atoms with Crippen LogP contribution in [0.3, 0.4) is 0 Å². The number of ether oxygens (including phenoxy) is 2. The van der Waals surface area contributed by atoms with Gasteiger partial charge in [0, 0.05) is 5.38 Å². The van der Waals surface area contributed by atoms with Crippen molar-refractivity contribution in [3.8, 4) is 11.5 Å². The summed E-state index contributed by atoms with van der Waals surface area (Å²) in [6.45, 7) is 6.06. The van der Waals surface area contributed by atoms with E-state index in [-0.39, 0.29) is 0 Å². The van der Waals surface area contributed by atoms with Crippen molar-refractivity contribution in [2.75, 3.05) is 13.2 Å². The number of benzene rings is 2. The van der Waals surface area contributed by atoms with Crippen LogP contribution in [0.25, 0.3) is 10.8 Å². The highest BCUT2D eigenvalue weighted by atomic mass is 32.1. The first-order chi connectivity index (χ1) is 21.8. The number of thiophene rings is 1. The van der Waals surface area contributed by atoms with E-state index in [9.17, 15) is 0 Å². The largest absolute Gasteiger partial charge is 0.489 e. The summed E-state index contributed by atoms with van der Waals surface area (Å²) in [5, 5.41) is 5.00. The van der Waals surface area contributed by atoms with Crippen molar-refractivity contribution in [2.45, 2.75) is 162 Å². The van der Waals surface area contributed by atoms with Crippen molar-refractivity contribution in [3.05, 3.63) is 58.3 Å². The Kier molecular flexibility index (Phi) is 20.1. The van der Waals surface area contributed by atoms with Gasteiger partial charge in [0.2, 0.25) is 0 Å². The van der Waals surface area contributed by atoms with Gasteiger partial charge in [0.25, 0.3) is 0 Å². The van der Waals surface area contributed by atoms with Gasteiger partial charge in [-0.25, -0.2) is 0 Å². The van der Waals surface area contributed by atoms with E-state index in [2.05, 4.69) is 61.7 Å². The Balaban J connectivity index is 1.17. The summed E-state index contributed by atoms with van der Waals surface area (Å²) in [6.07, 6.45) is 30.5. The lowest BCUT2D eigenvalue weighted by Gasteiger charge is -2.11. The maximum absolute atomic E-state index is 6.34. The molecule has 0 N–H and O–H groups in total. The zero-order valence-electron chi connectivity index (χ0n) is 28.5. The van der Waals surface area contributed by atoms with Gasteiger partial charge in [0.05, 0.1) is 18.1 Å². The third-order valence-electron chi connectivity index (χ3n) is 8.97. The molecule has 1 aromatic heterocycles. The fourth-order valence-electron chi connectivity index (χ4n) is 6.29. The van der Waals surface area contributed by atoms with Crippen LogP contribution in [-0.2, 0) is 12.8 Å². The van der Waals surface area contributed by atoms with Crippen LogP contribution in [-0.4, -0.2) is 13.2 Å². The van der Waals surface area contributed by atoms with Crippen molar-refractivity contribution in [3.63, 3.8) is 0 Å². The molecule has 44 heavy (non-hydrogen) atoms. The normalized spacial score (nSPS) is 11.4. The summed E-state index contributed by atoms with van der Waals surface area (Å²) in [7, 11) is 0. The molecule has 0 spiro atoms. The van der Waals surface area contributed by atoms with E-state index in [4.69, 9.17) is 9.47 Å². The molecule has 0 unspecified atom stereocenters. The molecule has 0 saturated heterocycles.